The van der Waals surface area contributed by atoms with Crippen molar-refractivity contribution in [3.05, 3.63) is 24.3 Å². The van der Waals surface area contributed by atoms with Crippen molar-refractivity contribution in [2.45, 2.75) is 31.7 Å². The van der Waals surface area contributed by atoms with Gasteiger partial charge >= 0.3 is 0 Å². The van der Waals surface area contributed by atoms with Crippen molar-refractivity contribution in [1.82, 2.24) is 15.2 Å². The van der Waals surface area contributed by atoms with E-state index in [9.17, 15) is 4.79 Å². The molecule has 3 rings (SSSR count). The van der Waals surface area contributed by atoms with Gasteiger partial charge in [0.05, 0.1) is 5.52 Å². The summed E-state index contributed by atoms with van der Waals surface area (Å²) in [5.41, 5.74) is 6.95. The van der Waals surface area contributed by atoms with E-state index in [4.69, 9.17) is 5.73 Å². The molecule has 20 heavy (non-hydrogen) atoms. The molecule has 2 aromatic rings. The Bertz CT molecular complexity index is 622. The minimum absolute atomic E-state index is 0.0173. The molecule has 1 saturated carbocycles. The first-order valence-electron chi connectivity index (χ1n) is 6.87. The molecule has 6 heteroatoms. The smallest absolute Gasteiger partial charge is 0.243 e. The van der Waals surface area contributed by atoms with Gasteiger partial charge in [0.2, 0.25) is 11.9 Å². The second-order valence-electron chi connectivity index (χ2n) is 5.22. The predicted octanol–water partition coefficient (Wildman–Crippen LogP) is 1.48. The highest BCUT2D eigenvalue weighted by molar-refractivity contribution is 5.76. The van der Waals surface area contributed by atoms with Crippen LogP contribution < -0.4 is 11.1 Å². The minimum Gasteiger partial charge on any atom is -0.369 e. The van der Waals surface area contributed by atoms with Gasteiger partial charge in [-0.3, -0.25) is 4.79 Å². The monoisotopic (exact) mass is 271 g/mol. The molecule has 3 N–H and O–H groups in total. The summed E-state index contributed by atoms with van der Waals surface area (Å²) in [5.74, 6) is 0.377. The number of primary amides is 1. The van der Waals surface area contributed by atoms with Crippen LogP contribution in [0.2, 0.25) is 0 Å². The number of nitrogens with one attached hydrogen (secondary N) is 1. The molecule has 104 valence electrons. The lowest BCUT2D eigenvalue weighted by molar-refractivity contribution is -0.122. The SMILES string of the molecule is NC(=O)C1CCC(Nc2nnc3ccccc3n2)CC1. The number of aromatic nitrogens is 3. The number of fused-ring (bicyclic) bond motifs is 1. The standard InChI is InChI=1S/C14H17N5O/c15-13(20)9-5-7-10(8-6-9)16-14-17-11-3-1-2-4-12(11)18-19-14/h1-4,9-10H,5-8H2,(H2,15,20)(H,16,17,19). The van der Waals surface area contributed by atoms with E-state index in [1.807, 2.05) is 24.3 Å². The summed E-state index contributed by atoms with van der Waals surface area (Å²) in [6.45, 7) is 0. The zero-order valence-electron chi connectivity index (χ0n) is 11.1. The van der Waals surface area contributed by atoms with Gasteiger partial charge in [-0.15, -0.1) is 10.2 Å². The van der Waals surface area contributed by atoms with E-state index in [1.54, 1.807) is 0 Å². The van der Waals surface area contributed by atoms with Crippen LogP contribution in [0.4, 0.5) is 5.95 Å². The summed E-state index contributed by atoms with van der Waals surface area (Å²) >= 11 is 0. The van der Waals surface area contributed by atoms with E-state index in [0.717, 1.165) is 36.7 Å². The van der Waals surface area contributed by atoms with Gasteiger partial charge in [-0.1, -0.05) is 12.1 Å². The molecule has 1 aliphatic rings. The molecular formula is C14H17N5O. The van der Waals surface area contributed by atoms with Gasteiger partial charge in [-0.05, 0) is 37.8 Å². The van der Waals surface area contributed by atoms with Crippen molar-refractivity contribution in [2.24, 2.45) is 11.7 Å². The lowest BCUT2D eigenvalue weighted by Crippen LogP contribution is -2.32. The van der Waals surface area contributed by atoms with Crippen molar-refractivity contribution in [2.75, 3.05) is 5.32 Å². The van der Waals surface area contributed by atoms with Crippen molar-refractivity contribution in [3.63, 3.8) is 0 Å². The number of nitrogens with two attached hydrogens (primary N) is 1. The number of hydrogen-bond donors (Lipinski definition) is 2. The molecule has 0 atom stereocenters. The van der Waals surface area contributed by atoms with Crippen LogP contribution in [-0.4, -0.2) is 27.1 Å². The quantitative estimate of drug-likeness (QED) is 0.881. The van der Waals surface area contributed by atoms with E-state index in [2.05, 4.69) is 20.5 Å². The highest BCUT2D eigenvalue weighted by Crippen LogP contribution is 2.25. The molecule has 0 radical (unpaired) electrons. The first-order valence-corrected chi connectivity index (χ1v) is 6.87. The third kappa shape index (κ3) is 2.68. The number of anilines is 1. The first-order chi connectivity index (χ1) is 9.72. The zero-order chi connectivity index (χ0) is 13.9. The number of carbonyl (C=O) groups excluding carboxylic acids is 1. The van der Waals surface area contributed by atoms with Crippen molar-refractivity contribution >= 4 is 22.9 Å². The van der Waals surface area contributed by atoms with Crippen molar-refractivity contribution in [3.8, 4) is 0 Å². The second-order valence-corrected chi connectivity index (χ2v) is 5.22. The number of rotatable bonds is 3. The largest absolute Gasteiger partial charge is 0.369 e. The molecule has 1 aromatic heterocycles. The lowest BCUT2D eigenvalue weighted by Gasteiger charge is -2.27. The Balaban J connectivity index is 1.66. The molecule has 0 aliphatic heterocycles. The number of hydrogen-bond acceptors (Lipinski definition) is 5. The third-order valence-corrected chi connectivity index (χ3v) is 3.82. The number of amides is 1. The van der Waals surface area contributed by atoms with Gasteiger partial charge in [0.25, 0.3) is 0 Å². The Morgan fingerprint density at radius 3 is 2.50 bits per heavy atom. The molecule has 1 heterocycles. The van der Waals surface area contributed by atoms with Gasteiger partial charge in [0.1, 0.15) is 5.52 Å². The van der Waals surface area contributed by atoms with Crippen LogP contribution in [0.15, 0.2) is 24.3 Å². The predicted molar refractivity (Wildman–Crippen MR) is 75.9 cm³/mol. The summed E-state index contributed by atoms with van der Waals surface area (Å²) in [5, 5.41) is 11.5. The average Bonchev–Trinajstić information content (AvgIpc) is 2.48. The molecular weight excluding hydrogens is 254 g/mol. The van der Waals surface area contributed by atoms with Crippen LogP contribution >= 0.6 is 0 Å². The van der Waals surface area contributed by atoms with Crippen molar-refractivity contribution in [1.29, 1.82) is 0 Å². The highest BCUT2D eigenvalue weighted by atomic mass is 16.1. The Kier molecular flexibility index (Phi) is 3.45. The van der Waals surface area contributed by atoms with Crippen LogP contribution in [0.25, 0.3) is 11.0 Å². The van der Waals surface area contributed by atoms with Gasteiger partial charge < -0.3 is 11.1 Å². The minimum atomic E-state index is -0.188. The molecule has 1 aliphatic carbocycles. The fraction of sp³-hybridized carbons (Fsp3) is 0.429. The maximum absolute atomic E-state index is 11.1. The fourth-order valence-electron chi connectivity index (χ4n) is 2.65. The summed E-state index contributed by atoms with van der Waals surface area (Å²) in [6, 6.07) is 7.93. The molecule has 0 unspecified atom stereocenters. The highest BCUT2D eigenvalue weighted by Gasteiger charge is 2.25. The molecule has 0 saturated heterocycles. The van der Waals surface area contributed by atoms with E-state index < -0.39 is 0 Å². The van der Waals surface area contributed by atoms with E-state index in [1.165, 1.54) is 0 Å². The third-order valence-electron chi connectivity index (χ3n) is 3.82. The van der Waals surface area contributed by atoms with Crippen LogP contribution in [-0.2, 0) is 4.79 Å². The van der Waals surface area contributed by atoms with Crippen LogP contribution in [0.3, 0.4) is 0 Å². The Morgan fingerprint density at radius 1 is 1.10 bits per heavy atom. The molecule has 6 nitrogen and oxygen atoms in total. The zero-order valence-corrected chi connectivity index (χ0v) is 11.1. The van der Waals surface area contributed by atoms with Gasteiger partial charge in [-0.25, -0.2) is 4.98 Å². The maximum atomic E-state index is 11.1. The summed E-state index contributed by atoms with van der Waals surface area (Å²) in [6.07, 6.45) is 3.47. The van der Waals surface area contributed by atoms with E-state index in [-0.39, 0.29) is 17.9 Å². The number of nitrogens with zero attached hydrogens (tertiary/aromatic N) is 3. The molecule has 1 amide bonds. The Labute approximate surface area is 116 Å². The van der Waals surface area contributed by atoms with Crippen LogP contribution in [0.1, 0.15) is 25.7 Å². The van der Waals surface area contributed by atoms with Gasteiger partial charge in [-0.2, -0.15) is 0 Å². The molecule has 1 fully saturated rings. The van der Waals surface area contributed by atoms with Crippen LogP contribution in [0, 0.1) is 5.92 Å². The fourth-order valence-corrected chi connectivity index (χ4v) is 2.65. The Hall–Kier alpha value is -2.24. The molecule has 0 bridgehead atoms. The van der Waals surface area contributed by atoms with Gasteiger partial charge in [0.15, 0.2) is 0 Å². The first kappa shape index (κ1) is 12.8. The maximum Gasteiger partial charge on any atom is 0.243 e. The molecule has 1 aromatic carbocycles. The van der Waals surface area contributed by atoms with E-state index >= 15 is 0 Å². The number of benzene rings is 1. The summed E-state index contributed by atoms with van der Waals surface area (Å²) in [7, 11) is 0. The molecule has 0 spiro atoms. The van der Waals surface area contributed by atoms with Crippen molar-refractivity contribution < 1.29 is 4.79 Å². The topological polar surface area (TPSA) is 93.8 Å². The number of carbonyl (C=O) groups is 1. The normalized spacial score (nSPS) is 22.6. The lowest BCUT2D eigenvalue weighted by atomic mass is 9.86. The number of para-hydroxylation sites is 1. The van der Waals surface area contributed by atoms with E-state index in [0.29, 0.717) is 5.95 Å². The van der Waals surface area contributed by atoms with Gasteiger partial charge in [0, 0.05) is 12.0 Å². The van der Waals surface area contributed by atoms with Crippen LogP contribution in [0.5, 0.6) is 0 Å². The summed E-state index contributed by atoms with van der Waals surface area (Å²) in [4.78, 5) is 15.6. The Morgan fingerprint density at radius 2 is 1.80 bits per heavy atom. The second kappa shape index (κ2) is 5.40. The average molecular weight is 271 g/mol. The summed E-state index contributed by atoms with van der Waals surface area (Å²) < 4.78 is 0.